The van der Waals surface area contributed by atoms with Gasteiger partial charge in [0.25, 0.3) is 0 Å². The van der Waals surface area contributed by atoms with Crippen LogP contribution in [0.1, 0.15) is 31.0 Å². The summed E-state index contributed by atoms with van der Waals surface area (Å²) in [6.07, 6.45) is 1.69. The third-order valence-corrected chi connectivity index (χ3v) is 4.59. The van der Waals surface area contributed by atoms with E-state index in [1.54, 1.807) is 32.1 Å². The molecule has 1 aliphatic rings. The standard InChI is InChI=1S/C11H13NO2S/c1-7-6-9-4-3-5-10(8(2)12)11(9)15(7,13)14/h3-6,8H,12H2,1-2H3. The molecule has 1 aromatic rings. The van der Waals surface area contributed by atoms with Crippen LogP contribution in [-0.2, 0) is 9.84 Å². The van der Waals surface area contributed by atoms with Crippen LogP contribution in [0.3, 0.4) is 0 Å². The van der Waals surface area contributed by atoms with Gasteiger partial charge in [0, 0.05) is 10.9 Å². The maximum Gasteiger partial charge on any atom is 0.203 e. The molecule has 0 bridgehead atoms. The summed E-state index contributed by atoms with van der Waals surface area (Å²) in [5.41, 5.74) is 7.21. The van der Waals surface area contributed by atoms with E-state index in [9.17, 15) is 8.42 Å². The van der Waals surface area contributed by atoms with Crippen LogP contribution in [0, 0.1) is 0 Å². The highest BCUT2D eigenvalue weighted by Gasteiger charge is 2.29. The lowest BCUT2D eigenvalue weighted by molar-refractivity contribution is 0.600. The van der Waals surface area contributed by atoms with Crippen molar-refractivity contribution in [1.29, 1.82) is 0 Å². The number of hydrogen-bond acceptors (Lipinski definition) is 3. The van der Waals surface area contributed by atoms with Gasteiger partial charge in [0.05, 0.1) is 4.90 Å². The molecule has 0 fully saturated rings. The minimum absolute atomic E-state index is 0.269. The Morgan fingerprint density at radius 3 is 2.60 bits per heavy atom. The van der Waals surface area contributed by atoms with E-state index in [1.165, 1.54) is 0 Å². The molecule has 3 nitrogen and oxygen atoms in total. The topological polar surface area (TPSA) is 60.2 Å². The van der Waals surface area contributed by atoms with E-state index in [-0.39, 0.29) is 6.04 Å². The molecule has 0 aliphatic carbocycles. The molecule has 2 rings (SSSR count). The van der Waals surface area contributed by atoms with Gasteiger partial charge >= 0.3 is 0 Å². The van der Waals surface area contributed by atoms with Crippen molar-refractivity contribution in [3.8, 4) is 0 Å². The molecule has 1 atom stereocenters. The predicted molar refractivity (Wildman–Crippen MR) is 59.9 cm³/mol. The van der Waals surface area contributed by atoms with Crippen molar-refractivity contribution >= 4 is 15.9 Å². The summed E-state index contributed by atoms with van der Waals surface area (Å²) in [4.78, 5) is 0.781. The number of nitrogens with two attached hydrogens (primary N) is 1. The Hall–Kier alpha value is -1.13. The van der Waals surface area contributed by atoms with Crippen LogP contribution in [0.25, 0.3) is 6.08 Å². The zero-order chi connectivity index (χ0) is 11.2. The quantitative estimate of drug-likeness (QED) is 0.790. The molecule has 1 heterocycles. The van der Waals surface area contributed by atoms with Crippen LogP contribution in [0.15, 0.2) is 28.0 Å². The molecular formula is C11H13NO2S. The summed E-state index contributed by atoms with van der Waals surface area (Å²) in [5, 5.41) is 0. The Labute approximate surface area is 89.5 Å². The zero-order valence-electron chi connectivity index (χ0n) is 8.69. The van der Waals surface area contributed by atoms with E-state index in [0.717, 1.165) is 5.56 Å². The maximum absolute atomic E-state index is 12.0. The van der Waals surface area contributed by atoms with E-state index < -0.39 is 9.84 Å². The van der Waals surface area contributed by atoms with Gasteiger partial charge in [-0.05, 0) is 31.1 Å². The third-order valence-electron chi connectivity index (χ3n) is 2.62. The molecule has 0 aromatic heterocycles. The van der Waals surface area contributed by atoms with Gasteiger partial charge in [0.1, 0.15) is 0 Å². The normalized spacial score (nSPS) is 19.5. The number of allylic oxidation sites excluding steroid dienone is 1. The second kappa shape index (κ2) is 3.18. The van der Waals surface area contributed by atoms with Crippen molar-refractivity contribution in [2.75, 3.05) is 0 Å². The smallest absolute Gasteiger partial charge is 0.203 e. The van der Waals surface area contributed by atoms with Gasteiger partial charge in [0.2, 0.25) is 9.84 Å². The van der Waals surface area contributed by atoms with Gasteiger partial charge in [-0.3, -0.25) is 0 Å². The summed E-state index contributed by atoms with van der Waals surface area (Å²) in [5.74, 6) is 0. The highest BCUT2D eigenvalue weighted by atomic mass is 32.2. The minimum atomic E-state index is -3.28. The third kappa shape index (κ3) is 1.41. The van der Waals surface area contributed by atoms with Gasteiger partial charge in [-0.1, -0.05) is 18.2 Å². The summed E-state index contributed by atoms with van der Waals surface area (Å²) >= 11 is 0. The largest absolute Gasteiger partial charge is 0.324 e. The Morgan fingerprint density at radius 2 is 2.00 bits per heavy atom. The first-order chi connectivity index (χ1) is 6.94. The first kappa shape index (κ1) is 10.4. The number of rotatable bonds is 1. The van der Waals surface area contributed by atoms with Crippen LogP contribution in [0.5, 0.6) is 0 Å². The van der Waals surface area contributed by atoms with Crippen LogP contribution < -0.4 is 5.73 Å². The van der Waals surface area contributed by atoms with Crippen LogP contribution in [-0.4, -0.2) is 8.42 Å². The highest BCUT2D eigenvalue weighted by Crippen LogP contribution is 2.36. The van der Waals surface area contributed by atoms with Crippen molar-refractivity contribution < 1.29 is 8.42 Å². The van der Waals surface area contributed by atoms with Crippen molar-refractivity contribution in [3.05, 3.63) is 34.2 Å². The van der Waals surface area contributed by atoms with Gasteiger partial charge in [-0.2, -0.15) is 0 Å². The van der Waals surface area contributed by atoms with Crippen molar-refractivity contribution in [2.45, 2.75) is 24.8 Å². The van der Waals surface area contributed by atoms with E-state index in [0.29, 0.717) is 15.4 Å². The monoisotopic (exact) mass is 223 g/mol. The van der Waals surface area contributed by atoms with Crippen LogP contribution in [0.4, 0.5) is 0 Å². The molecular weight excluding hydrogens is 210 g/mol. The fourth-order valence-electron chi connectivity index (χ4n) is 1.81. The second-order valence-corrected chi connectivity index (χ2v) is 5.87. The molecule has 0 saturated heterocycles. The molecule has 2 N–H and O–H groups in total. The van der Waals surface area contributed by atoms with Crippen LogP contribution >= 0.6 is 0 Å². The van der Waals surface area contributed by atoms with Gasteiger partial charge < -0.3 is 5.73 Å². The van der Waals surface area contributed by atoms with Crippen molar-refractivity contribution in [1.82, 2.24) is 0 Å². The average Bonchev–Trinajstić information content (AvgIpc) is 2.38. The molecule has 1 aliphatic heterocycles. The van der Waals surface area contributed by atoms with Gasteiger partial charge in [-0.25, -0.2) is 8.42 Å². The van der Waals surface area contributed by atoms with Gasteiger partial charge in [-0.15, -0.1) is 0 Å². The SMILES string of the molecule is CC1=Cc2cccc(C(C)N)c2S1(=O)=O. The van der Waals surface area contributed by atoms with Crippen LogP contribution in [0.2, 0.25) is 0 Å². The summed E-state index contributed by atoms with van der Waals surface area (Å²) in [6, 6.07) is 5.14. The number of sulfone groups is 1. The lowest BCUT2D eigenvalue weighted by atomic mass is 10.1. The first-order valence-corrected chi connectivity index (χ1v) is 6.25. The minimum Gasteiger partial charge on any atom is -0.324 e. The predicted octanol–water partition coefficient (Wildman–Crippen LogP) is 1.85. The molecule has 80 valence electrons. The summed E-state index contributed by atoms with van der Waals surface area (Å²) in [7, 11) is -3.28. The number of benzene rings is 1. The fourth-order valence-corrected chi connectivity index (χ4v) is 3.42. The molecule has 0 amide bonds. The lowest BCUT2D eigenvalue weighted by Gasteiger charge is -2.11. The summed E-state index contributed by atoms with van der Waals surface area (Å²) in [6.45, 7) is 3.40. The average molecular weight is 223 g/mol. The maximum atomic E-state index is 12.0. The number of fused-ring (bicyclic) bond motifs is 1. The summed E-state index contributed by atoms with van der Waals surface area (Å²) < 4.78 is 24.0. The fraction of sp³-hybridized carbons (Fsp3) is 0.273. The van der Waals surface area contributed by atoms with E-state index in [2.05, 4.69) is 0 Å². The van der Waals surface area contributed by atoms with Crippen molar-refractivity contribution in [3.63, 3.8) is 0 Å². The molecule has 15 heavy (non-hydrogen) atoms. The Bertz CT molecular complexity index is 542. The number of hydrogen-bond donors (Lipinski definition) is 1. The lowest BCUT2D eigenvalue weighted by Crippen LogP contribution is -2.11. The zero-order valence-corrected chi connectivity index (χ0v) is 9.51. The van der Waals surface area contributed by atoms with E-state index in [4.69, 9.17) is 5.73 Å². The van der Waals surface area contributed by atoms with Gasteiger partial charge in [0.15, 0.2) is 0 Å². The second-order valence-electron chi connectivity index (χ2n) is 3.81. The highest BCUT2D eigenvalue weighted by molar-refractivity contribution is 7.95. The molecule has 0 saturated carbocycles. The van der Waals surface area contributed by atoms with E-state index >= 15 is 0 Å². The Balaban J connectivity index is 2.79. The molecule has 4 heteroatoms. The van der Waals surface area contributed by atoms with Crippen molar-refractivity contribution in [2.24, 2.45) is 5.73 Å². The molecule has 1 aromatic carbocycles. The molecule has 1 unspecified atom stereocenters. The Kier molecular flexibility index (Phi) is 2.20. The van der Waals surface area contributed by atoms with E-state index in [1.807, 2.05) is 6.07 Å². The molecule has 0 radical (unpaired) electrons. The first-order valence-electron chi connectivity index (χ1n) is 4.76. The Morgan fingerprint density at radius 1 is 1.33 bits per heavy atom. The molecule has 0 spiro atoms.